The zero-order chi connectivity index (χ0) is 26.1. The first-order valence-corrected chi connectivity index (χ1v) is 13.1. The summed E-state index contributed by atoms with van der Waals surface area (Å²) in [7, 11) is 3.84. The first-order valence-electron chi connectivity index (χ1n) is 12.7. The van der Waals surface area contributed by atoms with Crippen molar-refractivity contribution < 1.29 is 14.3 Å². The molecule has 1 aliphatic rings. The summed E-state index contributed by atoms with van der Waals surface area (Å²) >= 11 is 5.98. The summed E-state index contributed by atoms with van der Waals surface area (Å²) in [5, 5.41) is 7.07. The second-order valence-corrected chi connectivity index (χ2v) is 10.2. The van der Waals surface area contributed by atoms with E-state index in [1.165, 1.54) is 5.56 Å². The smallest absolute Gasteiger partial charge is 0.257 e. The van der Waals surface area contributed by atoms with Gasteiger partial charge in [0.2, 0.25) is 5.91 Å². The van der Waals surface area contributed by atoms with Gasteiger partial charge in [0.25, 0.3) is 5.91 Å². The molecular formula is C28H39ClN4O3. The van der Waals surface area contributed by atoms with Crippen molar-refractivity contribution in [2.45, 2.75) is 45.7 Å². The van der Waals surface area contributed by atoms with Gasteiger partial charge in [0, 0.05) is 37.1 Å². The van der Waals surface area contributed by atoms with Gasteiger partial charge in [-0.25, -0.2) is 0 Å². The minimum Gasteiger partial charge on any atom is -0.491 e. The molecule has 1 saturated heterocycles. The van der Waals surface area contributed by atoms with Gasteiger partial charge >= 0.3 is 0 Å². The largest absolute Gasteiger partial charge is 0.491 e. The van der Waals surface area contributed by atoms with Gasteiger partial charge in [-0.05, 0) is 83.1 Å². The highest BCUT2D eigenvalue weighted by Gasteiger charge is 2.25. The summed E-state index contributed by atoms with van der Waals surface area (Å²) in [6.07, 6.45) is 2.38. The van der Waals surface area contributed by atoms with Crippen molar-refractivity contribution in [1.82, 2.24) is 15.1 Å². The fourth-order valence-electron chi connectivity index (χ4n) is 4.19. The van der Waals surface area contributed by atoms with Crippen molar-refractivity contribution >= 4 is 29.1 Å². The van der Waals surface area contributed by atoms with Crippen molar-refractivity contribution in [2.24, 2.45) is 5.92 Å². The lowest BCUT2D eigenvalue weighted by Gasteiger charge is -2.25. The third-order valence-corrected chi connectivity index (χ3v) is 6.86. The number of piperidine rings is 1. The average Bonchev–Trinajstić information content (AvgIpc) is 2.88. The van der Waals surface area contributed by atoms with Crippen molar-refractivity contribution in [3.05, 3.63) is 58.6 Å². The number of anilines is 1. The van der Waals surface area contributed by atoms with Crippen LogP contribution in [-0.4, -0.2) is 68.0 Å². The molecule has 0 unspecified atom stereocenters. The van der Waals surface area contributed by atoms with Crippen LogP contribution in [0.5, 0.6) is 5.75 Å². The predicted molar refractivity (Wildman–Crippen MR) is 146 cm³/mol. The molecular weight excluding hydrogens is 476 g/mol. The van der Waals surface area contributed by atoms with Gasteiger partial charge in [0.15, 0.2) is 5.75 Å². The third kappa shape index (κ3) is 7.95. The summed E-state index contributed by atoms with van der Waals surface area (Å²) in [6.45, 7) is 7.67. The SMILES string of the molecule is CC(C)N(C)C(=O)c1cccc(NC(=O)C2CCNCC2)c1OCCCN(C)Cc1ccc(Cl)cc1. The van der Waals surface area contributed by atoms with Crippen molar-refractivity contribution in [3.63, 3.8) is 0 Å². The van der Waals surface area contributed by atoms with Crippen molar-refractivity contribution in [3.8, 4) is 5.75 Å². The Morgan fingerprint density at radius 3 is 2.47 bits per heavy atom. The van der Waals surface area contributed by atoms with Crippen molar-refractivity contribution in [2.75, 3.05) is 45.7 Å². The molecule has 1 heterocycles. The highest BCUT2D eigenvalue weighted by Crippen LogP contribution is 2.31. The normalized spacial score (nSPS) is 14.2. The van der Waals surface area contributed by atoms with E-state index in [0.717, 1.165) is 50.5 Å². The molecule has 2 amide bonds. The van der Waals surface area contributed by atoms with E-state index in [0.29, 0.717) is 23.6 Å². The second kappa shape index (κ2) is 13.6. The van der Waals surface area contributed by atoms with Crippen LogP contribution >= 0.6 is 11.6 Å². The molecule has 8 heteroatoms. The van der Waals surface area contributed by atoms with E-state index >= 15 is 0 Å². The van der Waals surface area contributed by atoms with Gasteiger partial charge < -0.3 is 25.2 Å². The molecule has 0 saturated carbocycles. The number of carbonyl (C=O) groups excluding carboxylic acids is 2. The van der Waals surface area contributed by atoms with Crippen LogP contribution in [0.2, 0.25) is 5.02 Å². The Hall–Kier alpha value is -2.61. The minimum atomic E-state index is -0.127. The Bertz CT molecular complexity index is 1010. The van der Waals surface area contributed by atoms with Gasteiger partial charge in [0.05, 0.1) is 17.9 Å². The molecule has 0 atom stereocenters. The zero-order valence-electron chi connectivity index (χ0n) is 21.9. The second-order valence-electron chi connectivity index (χ2n) is 9.77. The standard InChI is InChI=1S/C28H39ClN4O3/c1-20(2)33(4)28(35)24-7-5-8-25(31-27(34)22-13-15-30-16-14-22)26(24)36-18-6-17-32(3)19-21-9-11-23(29)12-10-21/h5,7-12,20,22,30H,6,13-19H2,1-4H3,(H,31,34). The van der Waals surface area contributed by atoms with E-state index < -0.39 is 0 Å². The van der Waals surface area contributed by atoms with Crippen LogP contribution in [0.25, 0.3) is 0 Å². The van der Waals surface area contributed by atoms with Gasteiger partial charge in [-0.15, -0.1) is 0 Å². The maximum absolute atomic E-state index is 13.2. The Balaban J connectivity index is 1.68. The molecule has 1 aliphatic heterocycles. The molecule has 2 N–H and O–H groups in total. The maximum Gasteiger partial charge on any atom is 0.257 e. The summed E-state index contributed by atoms with van der Waals surface area (Å²) < 4.78 is 6.21. The number of hydrogen-bond donors (Lipinski definition) is 2. The molecule has 1 fully saturated rings. The number of amides is 2. The lowest BCUT2D eigenvalue weighted by atomic mass is 9.97. The number of benzene rings is 2. The monoisotopic (exact) mass is 514 g/mol. The molecule has 7 nitrogen and oxygen atoms in total. The van der Waals surface area contributed by atoms with Gasteiger partial charge in [-0.1, -0.05) is 29.8 Å². The van der Waals surface area contributed by atoms with E-state index in [1.54, 1.807) is 24.1 Å². The number of rotatable bonds is 11. The third-order valence-electron chi connectivity index (χ3n) is 6.60. The Kier molecular flexibility index (Phi) is 10.6. The number of ether oxygens (including phenoxy) is 1. The fraction of sp³-hybridized carbons (Fsp3) is 0.500. The lowest BCUT2D eigenvalue weighted by molar-refractivity contribution is -0.120. The Morgan fingerprint density at radius 2 is 1.81 bits per heavy atom. The van der Waals surface area contributed by atoms with Crippen LogP contribution in [-0.2, 0) is 11.3 Å². The topological polar surface area (TPSA) is 73.9 Å². The molecule has 0 radical (unpaired) electrons. The predicted octanol–water partition coefficient (Wildman–Crippen LogP) is 4.66. The highest BCUT2D eigenvalue weighted by atomic mass is 35.5. The van der Waals surface area contributed by atoms with Gasteiger partial charge in [-0.2, -0.15) is 0 Å². The summed E-state index contributed by atoms with van der Waals surface area (Å²) in [4.78, 5) is 30.1. The number of para-hydroxylation sites is 1. The minimum absolute atomic E-state index is 0.0224. The Labute approximate surface area is 220 Å². The van der Waals surface area contributed by atoms with Gasteiger partial charge in [0.1, 0.15) is 0 Å². The van der Waals surface area contributed by atoms with E-state index in [-0.39, 0.29) is 23.8 Å². The summed E-state index contributed by atoms with van der Waals surface area (Å²) in [5.74, 6) is 0.250. The average molecular weight is 515 g/mol. The number of nitrogens with one attached hydrogen (secondary N) is 2. The molecule has 0 aromatic heterocycles. The first-order chi connectivity index (χ1) is 17.3. The number of hydrogen-bond acceptors (Lipinski definition) is 5. The van der Waals surface area contributed by atoms with E-state index in [9.17, 15) is 9.59 Å². The van der Waals surface area contributed by atoms with Crippen LogP contribution in [0, 0.1) is 5.92 Å². The van der Waals surface area contributed by atoms with E-state index in [1.807, 2.05) is 44.2 Å². The van der Waals surface area contributed by atoms with Crippen LogP contribution < -0.4 is 15.4 Å². The quantitative estimate of drug-likeness (QED) is 0.427. The fourth-order valence-corrected chi connectivity index (χ4v) is 4.32. The van der Waals surface area contributed by atoms with Crippen LogP contribution in [0.3, 0.4) is 0 Å². The van der Waals surface area contributed by atoms with Gasteiger partial charge in [-0.3, -0.25) is 9.59 Å². The molecule has 3 rings (SSSR count). The van der Waals surface area contributed by atoms with Crippen molar-refractivity contribution in [1.29, 1.82) is 0 Å². The lowest BCUT2D eigenvalue weighted by Crippen LogP contribution is -2.35. The molecule has 36 heavy (non-hydrogen) atoms. The van der Waals surface area contributed by atoms with E-state index in [4.69, 9.17) is 16.3 Å². The maximum atomic E-state index is 13.2. The molecule has 0 aliphatic carbocycles. The molecule has 196 valence electrons. The van der Waals surface area contributed by atoms with E-state index in [2.05, 4.69) is 22.6 Å². The number of carbonyl (C=O) groups is 2. The first kappa shape index (κ1) is 28.0. The zero-order valence-corrected chi connectivity index (χ0v) is 22.6. The molecule has 0 spiro atoms. The molecule has 0 bridgehead atoms. The number of nitrogens with zero attached hydrogens (tertiary/aromatic N) is 2. The Morgan fingerprint density at radius 1 is 1.11 bits per heavy atom. The van der Waals surface area contributed by atoms with Crippen LogP contribution in [0.15, 0.2) is 42.5 Å². The molecule has 2 aromatic carbocycles. The highest BCUT2D eigenvalue weighted by molar-refractivity contribution is 6.30. The van der Waals surface area contributed by atoms with Crippen LogP contribution in [0.4, 0.5) is 5.69 Å². The molecule has 2 aromatic rings. The van der Waals surface area contributed by atoms with Crippen LogP contribution in [0.1, 0.15) is 49.0 Å². The number of halogens is 1. The summed E-state index contributed by atoms with van der Waals surface area (Å²) in [6, 6.07) is 13.3. The summed E-state index contributed by atoms with van der Waals surface area (Å²) in [5.41, 5.74) is 2.21.